The van der Waals surface area contributed by atoms with Gasteiger partial charge in [-0.15, -0.1) is 0 Å². The number of carbonyl (C=O) groups is 1. The van der Waals surface area contributed by atoms with Gasteiger partial charge in [0, 0.05) is 24.7 Å². The van der Waals surface area contributed by atoms with E-state index in [2.05, 4.69) is 5.32 Å². The van der Waals surface area contributed by atoms with E-state index in [4.69, 9.17) is 15.2 Å². The summed E-state index contributed by atoms with van der Waals surface area (Å²) in [5, 5.41) is 13.6. The summed E-state index contributed by atoms with van der Waals surface area (Å²) in [5.41, 5.74) is 5.46. The number of carbonyl (C=O) groups excluding carboxylic acids is 1. The number of rotatable bonds is 8. The predicted octanol–water partition coefficient (Wildman–Crippen LogP) is 0.836. The fraction of sp³-hybridized carbons (Fsp3) is 0.500. The number of nitrogens with zero attached hydrogens (tertiary/aromatic N) is 1. The Bertz CT molecular complexity index is 559. The Morgan fingerprint density at radius 2 is 2.27 bits per heavy atom. The lowest BCUT2D eigenvalue weighted by Crippen LogP contribution is -2.43. The largest absolute Gasteiger partial charge is 0.490 e. The van der Waals surface area contributed by atoms with Gasteiger partial charge < -0.3 is 20.5 Å². The second kappa shape index (κ2) is 7.08. The Morgan fingerprint density at radius 3 is 2.82 bits per heavy atom. The van der Waals surface area contributed by atoms with Crippen LogP contribution in [-0.2, 0) is 4.79 Å². The smallest absolute Gasteiger partial charge is 0.311 e. The molecule has 22 heavy (non-hydrogen) atoms. The van der Waals surface area contributed by atoms with Gasteiger partial charge in [-0.25, -0.2) is 0 Å². The molecule has 1 aromatic rings. The zero-order chi connectivity index (χ0) is 16.1. The summed E-state index contributed by atoms with van der Waals surface area (Å²) in [7, 11) is 1.33. The molecule has 8 nitrogen and oxygen atoms in total. The highest BCUT2D eigenvalue weighted by Crippen LogP contribution is 2.32. The highest BCUT2D eigenvalue weighted by atomic mass is 16.6. The Kier molecular flexibility index (Phi) is 5.16. The topological polar surface area (TPSA) is 117 Å². The van der Waals surface area contributed by atoms with Crippen LogP contribution in [0.2, 0.25) is 0 Å². The van der Waals surface area contributed by atoms with Crippen LogP contribution in [0, 0.1) is 16.0 Å². The molecule has 1 aliphatic rings. The lowest BCUT2D eigenvalue weighted by atomic mass is 10.2. The minimum Gasteiger partial charge on any atom is -0.490 e. The number of nitrogens with two attached hydrogens (primary N) is 1. The van der Waals surface area contributed by atoms with E-state index in [0.29, 0.717) is 18.2 Å². The van der Waals surface area contributed by atoms with Crippen LogP contribution in [0.1, 0.15) is 12.8 Å². The average molecular weight is 309 g/mol. The SMILES string of the molecule is COc1cc(OCC(=O)NC(CN)C2CC2)ccc1[N+](=O)[O-]. The molecule has 3 N–H and O–H groups in total. The third-order valence-electron chi connectivity index (χ3n) is 3.51. The number of nitro groups is 1. The normalized spacial score (nSPS) is 15.0. The van der Waals surface area contributed by atoms with Gasteiger partial charge in [0.15, 0.2) is 6.61 Å². The molecular formula is C14H19N3O5. The minimum atomic E-state index is -0.545. The number of benzene rings is 1. The van der Waals surface area contributed by atoms with Crippen molar-refractivity contribution in [2.75, 3.05) is 20.3 Å². The minimum absolute atomic E-state index is 0.0116. The van der Waals surface area contributed by atoms with Gasteiger partial charge in [-0.2, -0.15) is 0 Å². The number of ether oxygens (including phenoxy) is 2. The van der Waals surface area contributed by atoms with Crippen molar-refractivity contribution in [2.45, 2.75) is 18.9 Å². The van der Waals surface area contributed by atoms with E-state index in [1.165, 1.54) is 25.3 Å². The predicted molar refractivity (Wildman–Crippen MR) is 78.9 cm³/mol. The van der Waals surface area contributed by atoms with Gasteiger partial charge in [-0.3, -0.25) is 14.9 Å². The van der Waals surface area contributed by atoms with Crippen molar-refractivity contribution in [3.8, 4) is 11.5 Å². The highest BCUT2D eigenvalue weighted by molar-refractivity contribution is 5.78. The summed E-state index contributed by atoms with van der Waals surface area (Å²) >= 11 is 0. The van der Waals surface area contributed by atoms with E-state index in [0.717, 1.165) is 12.8 Å². The number of nitro benzene ring substituents is 1. The van der Waals surface area contributed by atoms with Crippen LogP contribution < -0.4 is 20.5 Å². The molecule has 2 rings (SSSR count). The van der Waals surface area contributed by atoms with Crippen LogP contribution in [0.15, 0.2) is 18.2 Å². The summed E-state index contributed by atoms with van der Waals surface area (Å²) < 4.78 is 10.3. The first-order valence-corrected chi connectivity index (χ1v) is 6.99. The fourth-order valence-electron chi connectivity index (χ4n) is 2.16. The van der Waals surface area contributed by atoms with E-state index < -0.39 is 4.92 Å². The van der Waals surface area contributed by atoms with Crippen LogP contribution in [0.5, 0.6) is 11.5 Å². The Morgan fingerprint density at radius 1 is 1.55 bits per heavy atom. The van der Waals surface area contributed by atoms with Crippen LogP contribution >= 0.6 is 0 Å². The van der Waals surface area contributed by atoms with Crippen molar-refractivity contribution in [2.24, 2.45) is 11.7 Å². The van der Waals surface area contributed by atoms with Crippen LogP contribution in [0.4, 0.5) is 5.69 Å². The molecule has 8 heteroatoms. The van der Waals surface area contributed by atoms with Gasteiger partial charge >= 0.3 is 5.69 Å². The zero-order valence-corrected chi connectivity index (χ0v) is 12.3. The van der Waals surface area contributed by atoms with E-state index in [-0.39, 0.29) is 30.0 Å². The molecule has 0 radical (unpaired) electrons. The van der Waals surface area contributed by atoms with E-state index in [1.54, 1.807) is 0 Å². The maximum atomic E-state index is 11.8. The summed E-state index contributed by atoms with van der Waals surface area (Å²) in [6.07, 6.45) is 2.17. The lowest BCUT2D eigenvalue weighted by Gasteiger charge is -2.16. The highest BCUT2D eigenvalue weighted by Gasteiger charge is 2.31. The molecule has 0 saturated heterocycles. The van der Waals surface area contributed by atoms with Gasteiger partial charge in [0.2, 0.25) is 5.75 Å². The van der Waals surface area contributed by atoms with Gasteiger partial charge in [-0.05, 0) is 24.8 Å². The number of hydrogen-bond donors (Lipinski definition) is 2. The quantitative estimate of drug-likeness (QED) is 0.543. The maximum absolute atomic E-state index is 11.8. The molecule has 0 spiro atoms. The van der Waals surface area contributed by atoms with Gasteiger partial charge in [-0.1, -0.05) is 0 Å². The molecule has 0 aromatic heterocycles. The molecule has 0 bridgehead atoms. The second-order valence-electron chi connectivity index (χ2n) is 5.13. The van der Waals surface area contributed by atoms with Crippen molar-refractivity contribution in [3.05, 3.63) is 28.3 Å². The van der Waals surface area contributed by atoms with Crippen molar-refractivity contribution < 1.29 is 19.2 Å². The van der Waals surface area contributed by atoms with Crippen molar-refractivity contribution >= 4 is 11.6 Å². The summed E-state index contributed by atoms with van der Waals surface area (Å²) in [4.78, 5) is 22.1. The third kappa shape index (κ3) is 4.08. The Labute approximate surface area is 127 Å². The molecule has 1 unspecified atom stereocenters. The molecule has 1 atom stereocenters. The van der Waals surface area contributed by atoms with Gasteiger partial charge in [0.1, 0.15) is 5.75 Å². The average Bonchev–Trinajstić information content (AvgIpc) is 3.34. The molecule has 1 fully saturated rings. The zero-order valence-electron chi connectivity index (χ0n) is 12.3. The standard InChI is InChI=1S/C14H19N3O5/c1-21-13-6-10(4-5-12(13)17(19)20)22-8-14(18)16-11(7-15)9-2-3-9/h4-6,9,11H,2-3,7-8,15H2,1H3,(H,16,18). The van der Waals surface area contributed by atoms with Crippen LogP contribution in [0.3, 0.4) is 0 Å². The molecule has 1 amide bonds. The van der Waals surface area contributed by atoms with Crippen LogP contribution in [-0.4, -0.2) is 37.1 Å². The molecule has 0 heterocycles. The fourth-order valence-corrected chi connectivity index (χ4v) is 2.16. The second-order valence-corrected chi connectivity index (χ2v) is 5.13. The van der Waals surface area contributed by atoms with E-state index in [1.807, 2.05) is 0 Å². The first kappa shape index (κ1) is 16.0. The lowest BCUT2D eigenvalue weighted by molar-refractivity contribution is -0.385. The van der Waals surface area contributed by atoms with Crippen molar-refractivity contribution in [3.63, 3.8) is 0 Å². The Hall–Kier alpha value is -2.35. The molecule has 1 aliphatic carbocycles. The van der Waals surface area contributed by atoms with E-state index >= 15 is 0 Å². The number of amides is 1. The van der Waals surface area contributed by atoms with Crippen molar-refractivity contribution in [1.82, 2.24) is 5.32 Å². The summed E-state index contributed by atoms with van der Waals surface area (Å²) in [6, 6.07) is 4.07. The molecule has 1 saturated carbocycles. The molecule has 120 valence electrons. The monoisotopic (exact) mass is 309 g/mol. The Balaban J connectivity index is 1.90. The van der Waals surface area contributed by atoms with Gasteiger partial charge in [0.25, 0.3) is 5.91 Å². The first-order chi connectivity index (χ1) is 10.5. The third-order valence-corrected chi connectivity index (χ3v) is 3.51. The summed E-state index contributed by atoms with van der Waals surface area (Å²) in [6.45, 7) is 0.228. The molecular weight excluding hydrogens is 290 g/mol. The summed E-state index contributed by atoms with van der Waals surface area (Å²) in [5.74, 6) is 0.613. The number of methoxy groups -OCH3 is 1. The molecule has 1 aromatic carbocycles. The maximum Gasteiger partial charge on any atom is 0.311 e. The number of hydrogen-bond acceptors (Lipinski definition) is 6. The van der Waals surface area contributed by atoms with Crippen molar-refractivity contribution in [1.29, 1.82) is 0 Å². The number of nitrogens with one attached hydrogen (secondary N) is 1. The van der Waals surface area contributed by atoms with Crippen LogP contribution in [0.25, 0.3) is 0 Å². The van der Waals surface area contributed by atoms with Gasteiger partial charge in [0.05, 0.1) is 12.0 Å². The first-order valence-electron chi connectivity index (χ1n) is 6.99. The van der Waals surface area contributed by atoms with E-state index in [9.17, 15) is 14.9 Å². The molecule has 0 aliphatic heterocycles.